The number of piperidine rings is 1. The van der Waals surface area contributed by atoms with Crippen molar-refractivity contribution in [2.24, 2.45) is 5.92 Å². The van der Waals surface area contributed by atoms with E-state index in [0.717, 1.165) is 47.3 Å². The second kappa shape index (κ2) is 9.47. The summed E-state index contributed by atoms with van der Waals surface area (Å²) in [6.07, 6.45) is 5.03. The maximum absolute atomic E-state index is 13.9. The van der Waals surface area contributed by atoms with Crippen LogP contribution in [0, 0.1) is 25.6 Å². The molecule has 0 radical (unpaired) electrons. The Labute approximate surface area is 188 Å². The third-order valence-corrected chi connectivity index (χ3v) is 6.21. The minimum absolute atomic E-state index is 0.0237. The third kappa shape index (κ3) is 4.79. The molecule has 1 unspecified atom stereocenters. The Balaban J connectivity index is 1.63. The van der Waals surface area contributed by atoms with E-state index >= 15 is 0 Å². The number of aryl methyl sites for hydroxylation is 2. The lowest BCUT2D eigenvalue weighted by Gasteiger charge is -2.40. The van der Waals surface area contributed by atoms with Crippen molar-refractivity contribution in [1.29, 1.82) is 0 Å². The Morgan fingerprint density at radius 1 is 1.16 bits per heavy atom. The largest absolute Gasteiger partial charge is 0.368 e. The minimum Gasteiger partial charge on any atom is -0.368 e. The van der Waals surface area contributed by atoms with Gasteiger partial charge >= 0.3 is 0 Å². The zero-order valence-electron chi connectivity index (χ0n) is 18.8. The molecule has 1 aliphatic heterocycles. The summed E-state index contributed by atoms with van der Waals surface area (Å²) in [5, 5.41) is 3.29. The fourth-order valence-corrected chi connectivity index (χ4v) is 4.46. The van der Waals surface area contributed by atoms with Crippen LogP contribution in [0.4, 0.5) is 10.2 Å². The van der Waals surface area contributed by atoms with Crippen LogP contribution in [0.1, 0.15) is 41.4 Å². The number of hydrogen-bond acceptors (Lipinski definition) is 4. The summed E-state index contributed by atoms with van der Waals surface area (Å²) in [5.41, 5.74) is 4.61. The van der Waals surface area contributed by atoms with Crippen LogP contribution in [-0.2, 0) is 0 Å². The van der Waals surface area contributed by atoms with Crippen LogP contribution in [0.25, 0.3) is 11.1 Å². The lowest BCUT2D eigenvalue weighted by Crippen LogP contribution is -2.51. The molecule has 0 spiro atoms. The van der Waals surface area contributed by atoms with Gasteiger partial charge in [-0.15, -0.1) is 0 Å². The van der Waals surface area contributed by atoms with Crippen molar-refractivity contribution in [3.05, 3.63) is 77.5 Å². The zero-order valence-corrected chi connectivity index (χ0v) is 18.8. The average molecular weight is 433 g/mol. The van der Waals surface area contributed by atoms with Gasteiger partial charge < -0.3 is 10.2 Å². The highest BCUT2D eigenvalue weighted by Gasteiger charge is 2.33. The van der Waals surface area contributed by atoms with E-state index in [0.29, 0.717) is 18.3 Å². The predicted octanol–water partition coefficient (Wildman–Crippen LogP) is 5.25. The SMILES string of the molecule is Cc1ccc(-c2ccnc(C)c2)c(C(=O)N2CCC[C@@H](C)C2CNc2ccc(F)cn2)c1. The number of likely N-dealkylation sites (tertiary alicyclic amines) is 1. The molecule has 6 heteroatoms. The number of carbonyl (C=O) groups is 1. The molecule has 1 N–H and O–H groups in total. The maximum atomic E-state index is 13.9. The van der Waals surface area contributed by atoms with Crippen molar-refractivity contribution in [3.63, 3.8) is 0 Å². The van der Waals surface area contributed by atoms with Gasteiger partial charge in [-0.25, -0.2) is 9.37 Å². The molecule has 3 aromatic rings. The molecular formula is C26H29FN4O. The van der Waals surface area contributed by atoms with E-state index in [-0.39, 0.29) is 17.8 Å². The smallest absolute Gasteiger partial charge is 0.254 e. The molecule has 0 saturated carbocycles. The second-order valence-electron chi connectivity index (χ2n) is 8.66. The number of aromatic nitrogens is 2. The molecule has 166 valence electrons. The van der Waals surface area contributed by atoms with Gasteiger partial charge in [-0.1, -0.05) is 24.6 Å². The van der Waals surface area contributed by atoms with Gasteiger partial charge in [0.05, 0.1) is 12.2 Å². The van der Waals surface area contributed by atoms with Gasteiger partial charge in [0.2, 0.25) is 0 Å². The van der Waals surface area contributed by atoms with Gasteiger partial charge in [0.15, 0.2) is 0 Å². The van der Waals surface area contributed by atoms with Gasteiger partial charge in [0.25, 0.3) is 5.91 Å². The second-order valence-corrected chi connectivity index (χ2v) is 8.66. The number of hydrogen-bond donors (Lipinski definition) is 1. The molecule has 1 amide bonds. The van der Waals surface area contributed by atoms with E-state index in [2.05, 4.69) is 22.2 Å². The number of carbonyl (C=O) groups excluding carboxylic acids is 1. The maximum Gasteiger partial charge on any atom is 0.254 e. The van der Waals surface area contributed by atoms with Gasteiger partial charge in [-0.3, -0.25) is 9.78 Å². The van der Waals surface area contributed by atoms with Crippen molar-refractivity contribution in [2.45, 2.75) is 39.7 Å². The summed E-state index contributed by atoms with van der Waals surface area (Å²) < 4.78 is 13.2. The molecule has 3 heterocycles. The first kappa shape index (κ1) is 21.9. The summed E-state index contributed by atoms with van der Waals surface area (Å²) in [6, 6.07) is 13.1. The fourth-order valence-electron chi connectivity index (χ4n) is 4.46. The number of pyridine rings is 2. The number of anilines is 1. The summed E-state index contributed by atoms with van der Waals surface area (Å²) in [6.45, 7) is 7.44. The Bertz CT molecular complexity index is 1100. The normalized spacial score (nSPS) is 18.4. The standard InChI is InChI=1S/C26H29FN4O/c1-17-6-8-22(20-10-11-28-19(3)14-20)23(13-17)26(32)31-12-4-5-18(2)24(31)16-30-25-9-7-21(27)15-29-25/h6-11,13-15,18,24H,4-5,12,16H2,1-3H3,(H,29,30)/t18-,24?/m1/s1. The Morgan fingerprint density at radius 2 is 2.00 bits per heavy atom. The van der Waals surface area contributed by atoms with Crippen molar-refractivity contribution >= 4 is 11.7 Å². The Hall–Kier alpha value is -3.28. The van der Waals surface area contributed by atoms with E-state index in [1.807, 2.05) is 49.1 Å². The molecule has 0 bridgehead atoms. The van der Waals surface area contributed by atoms with Crippen molar-refractivity contribution < 1.29 is 9.18 Å². The first-order chi connectivity index (χ1) is 15.4. The lowest BCUT2D eigenvalue weighted by atomic mass is 9.89. The van der Waals surface area contributed by atoms with Crippen molar-refractivity contribution in [1.82, 2.24) is 14.9 Å². The fraction of sp³-hybridized carbons (Fsp3) is 0.346. The highest BCUT2D eigenvalue weighted by Crippen LogP contribution is 2.30. The molecule has 4 rings (SSSR count). The first-order valence-electron chi connectivity index (χ1n) is 11.1. The van der Waals surface area contributed by atoms with Gasteiger partial charge in [0, 0.05) is 30.5 Å². The van der Waals surface area contributed by atoms with Crippen LogP contribution >= 0.6 is 0 Å². The summed E-state index contributed by atoms with van der Waals surface area (Å²) in [7, 11) is 0. The number of halogens is 1. The molecule has 32 heavy (non-hydrogen) atoms. The summed E-state index contributed by atoms with van der Waals surface area (Å²) in [4.78, 5) is 24.2. The monoisotopic (exact) mass is 432 g/mol. The third-order valence-electron chi connectivity index (χ3n) is 6.21. The molecule has 0 aliphatic carbocycles. The Kier molecular flexibility index (Phi) is 6.49. The molecular weight excluding hydrogens is 403 g/mol. The summed E-state index contributed by atoms with van der Waals surface area (Å²) in [5.74, 6) is 0.637. The highest BCUT2D eigenvalue weighted by molar-refractivity contribution is 6.01. The zero-order chi connectivity index (χ0) is 22.7. The van der Waals surface area contributed by atoms with E-state index in [9.17, 15) is 9.18 Å². The first-order valence-corrected chi connectivity index (χ1v) is 11.1. The van der Waals surface area contributed by atoms with E-state index in [1.54, 1.807) is 12.3 Å². The molecule has 5 nitrogen and oxygen atoms in total. The molecule has 1 fully saturated rings. The molecule has 2 aromatic heterocycles. The summed E-state index contributed by atoms with van der Waals surface area (Å²) >= 11 is 0. The number of nitrogens with one attached hydrogen (secondary N) is 1. The van der Waals surface area contributed by atoms with Crippen molar-refractivity contribution in [3.8, 4) is 11.1 Å². The van der Waals surface area contributed by atoms with Crippen LogP contribution in [-0.4, -0.2) is 39.9 Å². The van der Waals surface area contributed by atoms with E-state index in [1.165, 1.54) is 12.3 Å². The highest BCUT2D eigenvalue weighted by atomic mass is 19.1. The molecule has 1 aliphatic rings. The predicted molar refractivity (Wildman–Crippen MR) is 125 cm³/mol. The van der Waals surface area contributed by atoms with Gasteiger partial charge in [-0.2, -0.15) is 0 Å². The van der Waals surface area contributed by atoms with E-state index < -0.39 is 0 Å². The van der Waals surface area contributed by atoms with Crippen LogP contribution in [0.3, 0.4) is 0 Å². The minimum atomic E-state index is -0.364. The number of rotatable bonds is 5. The topological polar surface area (TPSA) is 58.1 Å². The Morgan fingerprint density at radius 3 is 2.75 bits per heavy atom. The van der Waals surface area contributed by atoms with Gasteiger partial charge in [-0.05, 0) is 74.1 Å². The van der Waals surface area contributed by atoms with E-state index in [4.69, 9.17) is 0 Å². The molecule has 1 saturated heterocycles. The lowest BCUT2D eigenvalue weighted by molar-refractivity contribution is 0.0540. The van der Waals surface area contributed by atoms with Crippen LogP contribution in [0.15, 0.2) is 54.9 Å². The number of nitrogens with zero attached hydrogens (tertiary/aromatic N) is 3. The number of benzene rings is 1. The van der Waals surface area contributed by atoms with Crippen LogP contribution in [0.2, 0.25) is 0 Å². The van der Waals surface area contributed by atoms with Gasteiger partial charge in [0.1, 0.15) is 11.6 Å². The van der Waals surface area contributed by atoms with Crippen LogP contribution in [0.5, 0.6) is 0 Å². The quantitative estimate of drug-likeness (QED) is 0.598. The van der Waals surface area contributed by atoms with Crippen molar-refractivity contribution in [2.75, 3.05) is 18.4 Å². The average Bonchev–Trinajstić information content (AvgIpc) is 2.78. The molecule has 1 aromatic carbocycles. The molecule has 2 atom stereocenters. The number of amides is 1. The van der Waals surface area contributed by atoms with Crippen LogP contribution < -0.4 is 5.32 Å².